The van der Waals surface area contributed by atoms with Crippen LogP contribution in [0.5, 0.6) is 0 Å². The lowest BCUT2D eigenvalue weighted by Gasteiger charge is -2.23. The third-order valence-electron chi connectivity index (χ3n) is 5.33. The van der Waals surface area contributed by atoms with Gasteiger partial charge in [-0.1, -0.05) is 72.3 Å². The number of Topliss-reactive ketones (excluding diaryl/α,β-unsaturated/α-hetero) is 1. The minimum Gasteiger partial charge on any atom is -0.370 e. The molecule has 3 aromatic rings. The second-order valence-electron chi connectivity index (χ2n) is 7.64. The second-order valence-corrected chi connectivity index (χ2v) is 8.04. The van der Waals surface area contributed by atoms with Gasteiger partial charge in [0.1, 0.15) is 6.04 Å². The molecule has 1 aliphatic rings. The molecular weight excluding hydrogens is 424 g/mol. The molecule has 6 heteroatoms. The normalized spacial score (nSPS) is 13.8. The molecule has 1 aliphatic carbocycles. The summed E-state index contributed by atoms with van der Waals surface area (Å²) in [5, 5.41) is 6.42. The van der Waals surface area contributed by atoms with E-state index >= 15 is 0 Å². The lowest BCUT2D eigenvalue weighted by Crippen LogP contribution is -2.44. The topological polar surface area (TPSA) is 75.3 Å². The van der Waals surface area contributed by atoms with E-state index in [4.69, 9.17) is 11.6 Å². The minimum absolute atomic E-state index is 0.103. The molecule has 2 N–H and O–H groups in total. The van der Waals surface area contributed by atoms with E-state index in [0.29, 0.717) is 28.3 Å². The number of allylic oxidation sites excluding steroid dienone is 2. The molecule has 0 unspecified atom stereocenters. The highest BCUT2D eigenvalue weighted by molar-refractivity contribution is 6.31. The summed E-state index contributed by atoms with van der Waals surface area (Å²) in [6.07, 6.45) is 1.59. The van der Waals surface area contributed by atoms with Crippen LogP contribution < -0.4 is 10.6 Å². The Morgan fingerprint density at radius 1 is 0.938 bits per heavy atom. The van der Waals surface area contributed by atoms with Gasteiger partial charge in [0.2, 0.25) is 11.7 Å². The average molecular weight is 445 g/mol. The Morgan fingerprint density at radius 2 is 1.62 bits per heavy atom. The molecule has 1 atom stereocenters. The van der Waals surface area contributed by atoms with Crippen molar-refractivity contribution in [2.24, 2.45) is 0 Å². The predicted octanol–water partition coefficient (Wildman–Crippen LogP) is 4.75. The van der Waals surface area contributed by atoms with Gasteiger partial charge in [-0.3, -0.25) is 14.4 Å². The zero-order valence-electron chi connectivity index (χ0n) is 17.4. The molecular formula is C26H21ClN2O3. The van der Waals surface area contributed by atoms with Gasteiger partial charge in [0.05, 0.1) is 5.70 Å². The number of anilines is 1. The van der Waals surface area contributed by atoms with Gasteiger partial charge in [-0.05, 0) is 30.2 Å². The summed E-state index contributed by atoms with van der Waals surface area (Å²) in [6, 6.07) is 20.6. The summed E-state index contributed by atoms with van der Waals surface area (Å²) in [6.45, 7) is 1.88. The molecule has 4 rings (SSSR count). The van der Waals surface area contributed by atoms with Crippen LogP contribution in [0.15, 0.2) is 84.6 Å². The van der Waals surface area contributed by atoms with Crippen LogP contribution in [0.2, 0.25) is 5.02 Å². The molecule has 0 heterocycles. The Morgan fingerprint density at radius 3 is 2.34 bits per heavy atom. The molecule has 1 amide bonds. The van der Waals surface area contributed by atoms with Gasteiger partial charge >= 0.3 is 0 Å². The SMILES string of the molecule is Cc1ccc(NC(=O)[C@@H](Cc2ccccc2)NC2=CC(=O)c3ccccc3C2=O)cc1Cl. The Hall–Kier alpha value is -3.70. The maximum Gasteiger partial charge on any atom is 0.247 e. The summed E-state index contributed by atoms with van der Waals surface area (Å²) in [4.78, 5) is 38.7. The van der Waals surface area contributed by atoms with E-state index in [1.807, 2.05) is 43.3 Å². The number of halogens is 1. The number of hydrogen-bond acceptors (Lipinski definition) is 4. The quantitative estimate of drug-likeness (QED) is 0.575. The lowest BCUT2D eigenvalue weighted by molar-refractivity contribution is -0.117. The molecule has 0 saturated carbocycles. The fourth-order valence-electron chi connectivity index (χ4n) is 3.57. The Kier molecular flexibility index (Phi) is 6.19. The minimum atomic E-state index is -0.786. The van der Waals surface area contributed by atoms with Gasteiger partial charge < -0.3 is 10.6 Å². The molecule has 0 saturated heterocycles. The van der Waals surface area contributed by atoms with E-state index < -0.39 is 6.04 Å². The smallest absolute Gasteiger partial charge is 0.247 e. The molecule has 5 nitrogen and oxygen atoms in total. The summed E-state index contributed by atoms with van der Waals surface area (Å²) in [5.74, 6) is -0.926. The van der Waals surface area contributed by atoms with E-state index in [2.05, 4.69) is 10.6 Å². The Bertz CT molecular complexity index is 1230. The zero-order valence-corrected chi connectivity index (χ0v) is 18.1. The molecule has 0 bridgehead atoms. The van der Waals surface area contributed by atoms with Crippen LogP contribution in [0, 0.1) is 6.92 Å². The predicted molar refractivity (Wildman–Crippen MR) is 125 cm³/mol. The van der Waals surface area contributed by atoms with Crippen molar-refractivity contribution in [3.8, 4) is 0 Å². The van der Waals surface area contributed by atoms with Crippen molar-refractivity contribution in [2.45, 2.75) is 19.4 Å². The number of carbonyl (C=O) groups is 3. The standard InChI is InChI=1S/C26H21ClN2O3/c1-16-11-12-18(14-21(16)27)28-26(32)23(13-17-7-3-2-4-8-17)29-22-15-24(30)19-9-5-6-10-20(19)25(22)31/h2-12,14-15,23,29H,13H2,1H3,(H,28,32)/t23-/m1/s1. The number of ketones is 2. The van der Waals surface area contributed by atoms with E-state index in [1.54, 1.807) is 36.4 Å². The highest BCUT2D eigenvalue weighted by Gasteiger charge is 2.29. The monoisotopic (exact) mass is 444 g/mol. The largest absolute Gasteiger partial charge is 0.370 e. The third-order valence-corrected chi connectivity index (χ3v) is 5.73. The number of benzene rings is 3. The van der Waals surface area contributed by atoms with E-state index in [0.717, 1.165) is 11.1 Å². The van der Waals surface area contributed by atoms with Crippen molar-refractivity contribution in [3.05, 3.63) is 112 Å². The first-order valence-corrected chi connectivity index (χ1v) is 10.6. The van der Waals surface area contributed by atoms with E-state index in [1.165, 1.54) is 6.08 Å². The highest BCUT2D eigenvalue weighted by atomic mass is 35.5. The van der Waals surface area contributed by atoms with Gasteiger partial charge in [-0.25, -0.2) is 0 Å². The Balaban J connectivity index is 1.61. The molecule has 0 aromatic heterocycles. The molecule has 0 aliphatic heterocycles. The van der Waals surface area contributed by atoms with Crippen LogP contribution in [0.1, 0.15) is 31.8 Å². The maximum absolute atomic E-state index is 13.2. The fraction of sp³-hybridized carbons (Fsp3) is 0.115. The summed E-state index contributed by atoms with van der Waals surface area (Å²) in [5.41, 5.74) is 3.16. The number of carbonyl (C=O) groups excluding carboxylic acids is 3. The second kappa shape index (κ2) is 9.20. The highest BCUT2D eigenvalue weighted by Crippen LogP contribution is 2.22. The molecule has 32 heavy (non-hydrogen) atoms. The first-order chi connectivity index (χ1) is 15.4. The number of nitrogens with one attached hydrogen (secondary N) is 2. The van der Waals surface area contributed by atoms with Gasteiger partial charge in [-0.15, -0.1) is 0 Å². The number of hydrogen-bond donors (Lipinski definition) is 2. The van der Waals surface area contributed by atoms with Crippen molar-refractivity contribution in [1.29, 1.82) is 0 Å². The fourth-order valence-corrected chi connectivity index (χ4v) is 3.75. The molecule has 0 fully saturated rings. The van der Waals surface area contributed by atoms with Gasteiger partial charge in [0.25, 0.3) is 0 Å². The number of aryl methyl sites for hydroxylation is 1. The molecule has 0 spiro atoms. The van der Waals surface area contributed by atoms with Crippen molar-refractivity contribution in [1.82, 2.24) is 5.32 Å². The first-order valence-electron chi connectivity index (χ1n) is 10.2. The molecule has 0 radical (unpaired) electrons. The van der Waals surface area contributed by atoms with Crippen molar-refractivity contribution in [2.75, 3.05) is 5.32 Å². The number of fused-ring (bicyclic) bond motifs is 1. The van der Waals surface area contributed by atoms with Gasteiger partial charge in [0.15, 0.2) is 5.78 Å². The molecule has 3 aromatic carbocycles. The van der Waals surface area contributed by atoms with Crippen LogP contribution in [0.25, 0.3) is 0 Å². The van der Waals surface area contributed by atoms with Gasteiger partial charge in [0, 0.05) is 34.3 Å². The summed E-state index contributed by atoms with van der Waals surface area (Å²) in [7, 11) is 0. The summed E-state index contributed by atoms with van der Waals surface area (Å²) >= 11 is 6.19. The first kappa shape index (κ1) is 21.5. The van der Waals surface area contributed by atoms with Crippen LogP contribution in [0.3, 0.4) is 0 Å². The average Bonchev–Trinajstić information content (AvgIpc) is 2.80. The van der Waals surface area contributed by atoms with Crippen molar-refractivity contribution < 1.29 is 14.4 Å². The van der Waals surface area contributed by atoms with Crippen LogP contribution in [-0.4, -0.2) is 23.5 Å². The Labute approximate surface area is 191 Å². The third kappa shape index (κ3) is 4.63. The van der Waals surface area contributed by atoms with Crippen molar-refractivity contribution in [3.63, 3.8) is 0 Å². The van der Waals surface area contributed by atoms with Crippen LogP contribution in [-0.2, 0) is 11.2 Å². The zero-order chi connectivity index (χ0) is 22.7. The van der Waals surface area contributed by atoms with Gasteiger partial charge in [-0.2, -0.15) is 0 Å². The summed E-state index contributed by atoms with van der Waals surface area (Å²) < 4.78 is 0. The van der Waals surface area contributed by atoms with E-state index in [-0.39, 0.29) is 23.2 Å². The number of rotatable bonds is 6. The van der Waals surface area contributed by atoms with E-state index in [9.17, 15) is 14.4 Å². The van der Waals surface area contributed by atoms with Crippen molar-refractivity contribution >= 4 is 34.8 Å². The molecule has 160 valence electrons. The number of amides is 1. The maximum atomic E-state index is 13.2. The van der Waals surface area contributed by atoms with Crippen LogP contribution in [0.4, 0.5) is 5.69 Å². The lowest BCUT2D eigenvalue weighted by atomic mass is 9.92. The van der Waals surface area contributed by atoms with Crippen LogP contribution >= 0.6 is 11.6 Å².